The molecular formula is C23H35IN6O2. The Morgan fingerprint density at radius 3 is 2.66 bits per heavy atom. The molecule has 2 heterocycles. The molecule has 2 aromatic rings. The van der Waals surface area contributed by atoms with Gasteiger partial charge in [0.05, 0.1) is 6.54 Å². The van der Waals surface area contributed by atoms with Crippen molar-refractivity contribution in [2.24, 2.45) is 4.99 Å². The van der Waals surface area contributed by atoms with E-state index >= 15 is 0 Å². The minimum Gasteiger partial charge on any atom is -0.486 e. The third-order valence-corrected chi connectivity index (χ3v) is 6.26. The Bertz CT molecular complexity index is 894. The normalized spacial score (nSPS) is 17.0. The van der Waals surface area contributed by atoms with E-state index in [4.69, 9.17) is 14.5 Å². The van der Waals surface area contributed by atoms with Crippen LogP contribution >= 0.6 is 24.0 Å². The Kier molecular flexibility index (Phi) is 9.01. The highest BCUT2D eigenvalue weighted by Crippen LogP contribution is 2.44. The van der Waals surface area contributed by atoms with E-state index in [1.807, 2.05) is 0 Å². The van der Waals surface area contributed by atoms with Crippen molar-refractivity contribution < 1.29 is 9.47 Å². The van der Waals surface area contributed by atoms with Gasteiger partial charge in [-0.2, -0.15) is 0 Å². The number of ether oxygens (including phenoxy) is 2. The van der Waals surface area contributed by atoms with Crippen molar-refractivity contribution in [3.63, 3.8) is 0 Å². The van der Waals surface area contributed by atoms with Crippen molar-refractivity contribution in [1.29, 1.82) is 0 Å². The number of benzene rings is 1. The van der Waals surface area contributed by atoms with E-state index < -0.39 is 0 Å². The predicted octanol–water partition coefficient (Wildman–Crippen LogP) is 3.30. The van der Waals surface area contributed by atoms with Gasteiger partial charge in [0.15, 0.2) is 17.5 Å². The van der Waals surface area contributed by atoms with Crippen LogP contribution in [-0.4, -0.2) is 53.6 Å². The molecule has 2 N–H and O–H groups in total. The van der Waals surface area contributed by atoms with Gasteiger partial charge in [-0.3, -0.25) is 4.99 Å². The van der Waals surface area contributed by atoms with Crippen molar-refractivity contribution in [2.75, 3.05) is 32.8 Å². The highest BCUT2D eigenvalue weighted by atomic mass is 127. The summed E-state index contributed by atoms with van der Waals surface area (Å²) in [4.78, 5) is 5.00. The van der Waals surface area contributed by atoms with Crippen LogP contribution < -0.4 is 20.1 Å². The molecule has 1 aromatic heterocycles. The summed E-state index contributed by atoms with van der Waals surface area (Å²) >= 11 is 0. The number of hydrogen-bond acceptors (Lipinski definition) is 5. The van der Waals surface area contributed by atoms with Crippen LogP contribution in [0, 0.1) is 0 Å². The van der Waals surface area contributed by atoms with E-state index in [1.54, 1.807) is 6.33 Å². The molecule has 0 saturated heterocycles. The zero-order valence-corrected chi connectivity index (χ0v) is 21.4. The lowest BCUT2D eigenvalue weighted by atomic mass is 9.79. The van der Waals surface area contributed by atoms with Crippen molar-refractivity contribution in [1.82, 2.24) is 25.4 Å². The van der Waals surface area contributed by atoms with Crippen LogP contribution in [0.2, 0.25) is 0 Å². The summed E-state index contributed by atoms with van der Waals surface area (Å²) in [5.74, 6) is 3.58. The lowest BCUT2D eigenvalue weighted by Gasteiger charge is -2.30. The molecule has 1 aromatic carbocycles. The maximum absolute atomic E-state index is 5.84. The number of halogens is 1. The number of nitrogens with one attached hydrogen (secondary N) is 2. The molecule has 0 spiro atoms. The number of nitrogens with zero attached hydrogens (tertiary/aromatic N) is 4. The van der Waals surface area contributed by atoms with Crippen LogP contribution in [-0.2, 0) is 18.4 Å². The first kappa shape index (κ1) is 24.6. The summed E-state index contributed by atoms with van der Waals surface area (Å²) in [7, 11) is 0. The number of aromatic nitrogens is 3. The maximum atomic E-state index is 5.84. The first-order chi connectivity index (χ1) is 15.2. The standard InChI is InChI=1S/C23H34N6O2.HI/c1-3-21-28-27-17-29(21)12-11-25-22(24-4-2)26-16-23(9-5-6-10-23)18-7-8-19-20(15-18)31-14-13-30-19;/h7-8,15,17H,3-6,9-14,16H2,1-2H3,(H2,24,25,26);1H. The Hall–Kier alpha value is -2.04. The number of rotatable bonds is 8. The average molecular weight is 554 g/mol. The van der Waals surface area contributed by atoms with Crippen LogP contribution in [0.3, 0.4) is 0 Å². The molecule has 8 nitrogen and oxygen atoms in total. The lowest BCUT2D eigenvalue weighted by Crippen LogP contribution is -2.40. The fraction of sp³-hybridized carbons (Fsp3) is 0.609. The molecule has 9 heteroatoms. The van der Waals surface area contributed by atoms with Gasteiger partial charge in [-0.15, -0.1) is 34.2 Å². The van der Waals surface area contributed by atoms with E-state index in [0.29, 0.717) is 13.2 Å². The number of fused-ring (bicyclic) bond motifs is 1. The first-order valence-electron chi connectivity index (χ1n) is 11.5. The van der Waals surface area contributed by atoms with Gasteiger partial charge in [0, 0.05) is 31.5 Å². The van der Waals surface area contributed by atoms with Gasteiger partial charge >= 0.3 is 0 Å². The highest BCUT2D eigenvalue weighted by Gasteiger charge is 2.36. The molecule has 0 unspecified atom stereocenters. The smallest absolute Gasteiger partial charge is 0.191 e. The number of aliphatic imine (C=N–C) groups is 1. The second-order valence-corrected chi connectivity index (χ2v) is 8.26. The second-order valence-electron chi connectivity index (χ2n) is 8.26. The Morgan fingerprint density at radius 2 is 1.91 bits per heavy atom. The Balaban J connectivity index is 0.00000289. The molecule has 32 heavy (non-hydrogen) atoms. The third kappa shape index (κ3) is 5.65. The molecular weight excluding hydrogens is 519 g/mol. The topological polar surface area (TPSA) is 85.6 Å². The molecule has 0 bridgehead atoms. The molecule has 1 aliphatic heterocycles. The quantitative estimate of drug-likeness (QED) is 0.296. The fourth-order valence-electron chi connectivity index (χ4n) is 4.57. The average Bonchev–Trinajstić information content (AvgIpc) is 3.47. The number of aryl methyl sites for hydroxylation is 1. The number of guanidine groups is 1. The summed E-state index contributed by atoms with van der Waals surface area (Å²) in [6.45, 7) is 8.60. The van der Waals surface area contributed by atoms with Crippen LogP contribution in [0.4, 0.5) is 0 Å². The van der Waals surface area contributed by atoms with Gasteiger partial charge in [0.1, 0.15) is 25.4 Å². The number of hydrogen-bond donors (Lipinski definition) is 2. The van der Waals surface area contributed by atoms with Crippen LogP contribution in [0.1, 0.15) is 50.9 Å². The predicted molar refractivity (Wildman–Crippen MR) is 136 cm³/mol. The van der Waals surface area contributed by atoms with Gasteiger partial charge in [-0.1, -0.05) is 25.8 Å². The Morgan fingerprint density at radius 1 is 1.12 bits per heavy atom. The van der Waals surface area contributed by atoms with E-state index in [9.17, 15) is 0 Å². The van der Waals surface area contributed by atoms with Crippen molar-refractivity contribution >= 4 is 29.9 Å². The molecule has 1 saturated carbocycles. The monoisotopic (exact) mass is 554 g/mol. The van der Waals surface area contributed by atoms with Gasteiger partial charge in [0.25, 0.3) is 0 Å². The largest absolute Gasteiger partial charge is 0.486 e. The first-order valence-corrected chi connectivity index (χ1v) is 11.5. The highest BCUT2D eigenvalue weighted by molar-refractivity contribution is 14.0. The zero-order chi connectivity index (χ0) is 21.5. The zero-order valence-electron chi connectivity index (χ0n) is 19.1. The summed E-state index contributed by atoms with van der Waals surface area (Å²) in [6.07, 6.45) is 7.45. The summed E-state index contributed by atoms with van der Waals surface area (Å²) < 4.78 is 13.6. The maximum Gasteiger partial charge on any atom is 0.191 e. The molecule has 0 amide bonds. The molecule has 2 aliphatic rings. The molecule has 0 atom stereocenters. The van der Waals surface area contributed by atoms with Crippen molar-refractivity contribution in [3.8, 4) is 11.5 Å². The SMILES string of the molecule is CCNC(=NCC1(c2ccc3c(c2)OCCO3)CCCC1)NCCn1cnnc1CC.I. The summed E-state index contributed by atoms with van der Waals surface area (Å²) in [6, 6.07) is 6.43. The van der Waals surface area contributed by atoms with Gasteiger partial charge in [-0.05, 0) is 37.5 Å². The minimum atomic E-state index is 0. The molecule has 176 valence electrons. The van der Waals surface area contributed by atoms with Crippen LogP contribution in [0.15, 0.2) is 29.5 Å². The van der Waals surface area contributed by atoms with E-state index in [1.165, 1.54) is 18.4 Å². The van der Waals surface area contributed by atoms with Crippen molar-refractivity contribution in [2.45, 2.75) is 57.9 Å². The van der Waals surface area contributed by atoms with E-state index in [-0.39, 0.29) is 29.4 Å². The minimum absolute atomic E-state index is 0. The molecule has 4 rings (SSSR count). The lowest BCUT2D eigenvalue weighted by molar-refractivity contribution is 0.171. The van der Waals surface area contributed by atoms with Crippen LogP contribution in [0.5, 0.6) is 11.5 Å². The molecule has 1 fully saturated rings. The third-order valence-electron chi connectivity index (χ3n) is 6.26. The summed E-state index contributed by atoms with van der Waals surface area (Å²) in [5.41, 5.74) is 1.37. The fourth-order valence-corrected chi connectivity index (χ4v) is 4.57. The van der Waals surface area contributed by atoms with Crippen LogP contribution in [0.25, 0.3) is 0 Å². The van der Waals surface area contributed by atoms with Gasteiger partial charge < -0.3 is 24.7 Å². The van der Waals surface area contributed by atoms with E-state index in [2.05, 4.69) is 57.4 Å². The Labute approximate surface area is 207 Å². The summed E-state index contributed by atoms with van der Waals surface area (Å²) in [5, 5.41) is 15.0. The molecule has 1 aliphatic carbocycles. The second kappa shape index (κ2) is 11.7. The molecule has 0 radical (unpaired) electrons. The van der Waals surface area contributed by atoms with Crippen molar-refractivity contribution in [3.05, 3.63) is 35.9 Å². The van der Waals surface area contributed by atoms with Gasteiger partial charge in [-0.25, -0.2) is 0 Å². The van der Waals surface area contributed by atoms with E-state index in [0.717, 1.165) is 68.7 Å². The van der Waals surface area contributed by atoms with Gasteiger partial charge in [0.2, 0.25) is 0 Å².